The minimum Gasteiger partial charge on any atom is -0.299 e. The van der Waals surface area contributed by atoms with Crippen LogP contribution >= 0.6 is 0 Å². The molecule has 0 N–H and O–H groups in total. The number of rotatable bonds is 6. The Morgan fingerprint density at radius 1 is 0.806 bits per heavy atom. The lowest BCUT2D eigenvalue weighted by atomic mass is 10.0. The zero-order valence-electron chi connectivity index (χ0n) is 17.3. The first-order valence-corrected chi connectivity index (χ1v) is 11.9. The van der Waals surface area contributed by atoms with Crippen molar-refractivity contribution in [2.24, 2.45) is 0 Å². The van der Waals surface area contributed by atoms with E-state index in [1.165, 1.54) is 5.56 Å². The molecular weight excluding hydrogens is 408 g/mol. The molecule has 1 heterocycles. The molecule has 0 aliphatic carbocycles. The van der Waals surface area contributed by atoms with Crippen LogP contribution in [0.1, 0.15) is 28.8 Å². The summed E-state index contributed by atoms with van der Waals surface area (Å²) in [5, 5.41) is 0. The second kappa shape index (κ2) is 9.45. The highest BCUT2D eigenvalue weighted by Gasteiger charge is 2.37. The number of carbonyl (C=O) groups is 1. The highest BCUT2D eigenvalue weighted by molar-refractivity contribution is 7.89. The predicted molar refractivity (Wildman–Crippen MR) is 121 cm³/mol. The SMILES string of the molecule is O=C(c1ccccc1)N(C1CCN(Cc2ccccc2)CC1)S(=O)(=O)c1ccccc1. The summed E-state index contributed by atoms with van der Waals surface area (Å²) in [5.41, 5.74) is 1.61. The average Bonchev–Trinajstić information content (AvgIpc) is 2.82. The quantitative estimate of drug-likeness (QED) is 0.584. The van der Waals surface area contributed by atoms with E-state index in [0.29, 0.717) is 18.4 Å². The van der Waals surface area contributed by atoms with Crippen molar-refractivity contribution in [2.45, 2.75) is 30.3 Å². The van der Waals surface area contributed by atoms with E-state index in [9.17, 15) is 13.2 Å². The summed E-state index contributed by atoms with van der Waals surface area (Å²) < 4.78 is 28.1. The molecule has 0 saturated carbocycles. The fourth-order valence-corrected chi connectivity index (χ4v) is 5.69. The Morgan fingerprint density at radius 2 is 1.32 bits per heavy atom. The first-order chi connectivity index (χ1) is 15.1. The van der Waals surface area contributed by atoms with Gasteiger partial charge in [0.15, 0.2) is 0 Å². The summed E-state index contributed by atoms with van der Waals surface area (Å²) in [5.74, 6) is -0.467. The number of hydrogen-bond donors (Lipinski definition) is 0. The van der Waals surface area contributed by atoms with Gasteiger partial charge in [0.1, 0.15) is 0 Å². The highest BCUT2D eigenvalue weighted by Crippen LogP contribution is 2.27. The normalized spacial score (nSPS) is 15.5. The van der Waals surface area contributed by atoms with Gasteiger partial charge in [-0.2, -0.15) is 0 Å². The van der Waals surface area contributed by atoms with Crippen LogP contribution in [0, 0.1) is 0 Å². The molecule has 5 nitrogen and oxygen atoms in total. The number of amides is 1. The van der Waals surface area contributed by atoms with Crippen molar-refractivity contribution in [3.05, 3.63) is 102 Å². The van der Waals surface area contributed by atoms with E-state index in [1.54, 1.807) is 54.6 Å². The minimum absolute atomic E-state index is 0.144. The molecule has 4 rings (SSSR count). The second-order valence-corrected chi connectivity index (χ2v) is 9.59. The van der Waals surface area contributed by atoms with Crippen LogP contribution in [0.2, 0.25) is 0 Å². The fraction of sp³-hybridized carbons (Fsp3) is 0.240. The second-order valence-electron chi connectivity index (χ2n) is 7.78. The number of hydrogen-bond acceptors (Lipinski definition) is 4. The van der Waals surface area contributed by atoms with E-state index in [4.69, 9.17) is 0 Å². The van der Waals surface area contributed by atoms with Gasteiger partial charge in [0.25, 0.3) is 15.9 Å². The molecular formula is C25H26N2O3S. The summed E-state index contributed by atoms with van der Waals surface area (Å²) in [4.78, 5) is 15.8. The number of carbonyl (C=O) groups excluding carboxylic acids is 1. The third kappa shape index (κ3) is 4.86. The maximum absolute atomic E-state index is 13.5. The zero-order chi connectivity index (χ0) is 21.7. The van der Waals surface area contributed by atoms with Gasteiger partial charge in [-0.15, -0.1) is 0 Å². The first kappa shape index (κ1) is 21.3. The van der Waals surface area contributed by atoms with Crippen LogP contribution < -0.4 is 0 Å². The Labute approximate surface area is 184 Å². The lowest BCUT2D eigenvalue weighted by Gasteiger charge is -2.38. The van der Waals surface area contributed by atoms with E-state index < -0.39 is 15.9 Å². The molecule has 0 aromatic heterocycles. The minimum atomic E-state index is -3.96. The van der Waals surface area contributed by atoms with Crippen LogP contribution in [0.5, 0.6) is 0 Å². The Kier molecular flexibility index (Phi) is 6.49. The third-order valence-corrected chi connectivity index (χ3v) is 7.51. The summed E-state index contributed by atoms with van der Waals surface area (Å²) in [6, 6.07) is 26.7. The molecule has 0 atom stereocenters. The monoisotopic (exact) mass is 434 g/mol. The zero-order valence-corrected chi connectivity index (χ0v) is 18.1. The summed E-state index contributed by atoms with van der Waals surface area (Å²) in [6.45, 7) is 2.30. The van der Waals surface area contributed by atoms with Gasteiger partial charge >= 0.3 is 0 Å². The van der Waals surface area contributed by atoms with E-state index in [-0.39, 0.29) is 10.9 Å². The Balaban J connectivity index is 1.57. The lowest BCUT2D eigenvalue weighted by molar-refractivity contribution is 0.0755. The van der Waals surface area contributed by atoms with Gasteiger partial charge in [-0.05, 0) is 42.7 Å². The Hall–Kier alpha value is -2.96. The average molecular weight is 435 g/mol. The van der Waals surface area contributed by atoms with Crippen molar-refractivity contribution >= 4 is 15.9 Å². The molecule has 1 aliphatic heterocycles. The van der Waals surface area contributed by atoms with Gasteiger partial charge in [-0.3, -0.25) is 9.69 Å². The van der Waals surface area contributed by atoms with Crippen LogP contribution in [0.3, 0.4) is 0 Å². The molecule has 31 heavy (non-hydrogen) atoms. The number of nitrogens with zero attached hydrogens (tertiary/aromatic N) is 2. The van der Waals surface area contributed by atoms with Gasteiger partial charge in [0.05, 0.1) is 10.9 Å². The lowest BCUT2D eigenvalue weighted by Crippen LogP contribution is -2.49. The van der Waals surface area contributed by atoms with Crippen molar-refractivity contribution in [1.82, 2.24) is 9.21 Å². The molecule has 1 fully saturated rings. The number of piperidine rings is 1. The number of sulfonamides is 1. The van der Waals surface area contributed by atoms with Crippen molar-refractivity contribution in [3.63, 3.8) is 0 Å². The van der Waals surface area contributed by atoms with Crippen molar-refractivity contribution in [2.75, 3.05) is 13.1 Å². The van der Waals surface area contributed by atoms with Crippen molar-refractivity contribution < 1.29 is 13.2 Å². The molecule has 0 radical (unpaired) electrons. The van der Waals surface area contributed by atoms with Crippen LogP contribution in [-0.2, 0) is 16.6 Å². The number of likely N-dealkylation sites (tertiary alicyclic amines) is 1. The highest BCUT2D eigenvalue weighted by atomic mass is 32.2. The Morgan fingerprint density at radius 3 is 1.90 bits per heavy atom. The van der Waals surface area contributed by atoms with E-state index in [2.05, 4.69) is 17.0 Å². The largest absolute Gasteiger partial charge is 0.299 e. The van der Waals surface area contributed by atoms with Gasteiger partial charge in [0.2, 0.25) is 0 Å². The summed E-state index contributed by atoms with van der Waals surface area (Å²) >= 11 is 0. The molecule has 0 spiro atoms. The van der Waals surface area contributed by atoms with Crippen molar-refractivity contribution in [3.8, 4) is 0 Å². The number of benzene rings is 3. The summed E-state index contributed by atoms with van der Waals surface area (Å²) in [6.07, 6.45) is 1.22. The van der Waals surface area contributed by atoms with E-state index in [1.807, 2.05) is 24.3 Å². The molecule has 1 aliphatic rings. The van der Waals surface area contributed by atoms with E-state index >= 15 is 0 Å². The standard InChI is InChI=1S/C25H26N2O3S/c28-25(22-12-6-2-7-13-22)27(31(29,30)24-14-8-3-9-15-24)23-16-18-26(19-17-23)20-21-10-4-1-5-11-21/h1-15,23H,16-20H2. The van der Waals surface area contributed by atoms with Gasteiger partial charge in [-0.1, -0.05) is 66.7 Å². The Bertz CT molecular complexity index is 1100. The third-order valence-electron chi connectivity index (χ3n) is 5.66. The van der Waals surface area contributed by atoms with Crippen LogP contribution in [0.15, 0.2) is 95.9 Å². The topological polar surface area (TPSA) is 57.7 Å². The van der Waals surface area contributed by atoms with Gasteiger partial charge < -0.3 is 0 Å². The van der Waals surface area contributed by atoms with Crippen molar-refractivity contribution in [1.29, 1.82) is 0 Å². The van der Waals surface area contributed by atoms with Gasteiger partial charge in [0, 0.05) is 25.2 Å². The van der Waals surface area contributed by atoms with Crippen LogP contribution in [0.25, 0.3) is 0 Å². The van der Waals surface area contributed by atoms with Crippen LogP contribution in [0.4, 0.5) is 0 Å². The fourth-order valence-electron chi connectivity index (χ4n) is 4.04. The molecule has 1 amide bonds. The maximum Gasteiger partial charge on any atom is 0.267 e. The molecule has 0 bridgehead atoms. The molecule has 160 valence electrons. The molecule has 0 unspecified atom stereocenters. The molecule has 3 aromatic rings. The smallest absolute Gasteiger partial charge is 0.267 e. The maximum atomic E-state index is 13.5. The van der Waals surface area contributed by atoms with E-state index in [0.717, 1.165) is 23.9 Å². The molecule has 3 aromatic carbocycles. The van der Waals surface area contributed by atoms with Crippen LogP contribution in [-0.4, -0.2) is 42.7 Å². The van der Waals surface area contributed by atoms with Gasteiger partial charge in [-0.25, -0.2) is 12.7 Å². The predicted octanol–water partition coefficient (Wildman–Crippen LogP) is 4.18. The molecule has 1 saturated heterocycles. The summed E-state index contributed by atoms with van der Waals surface area (Å²) in [7, 11) is -3.96. The first-order valence-electron chi connectivity index (χ1n) is 10.5. The molecule has 6 heteroatoms.